The van der Waals surface area contributed by atoms with Gasteiger partial charge < -0.3 is 19.3 Å². The highest BCUT2D eigenvalue weighted by Gasteiger charge is 2.26. The number of nitrogens with zero attached hydrogens (tertiary/aromatic N) is 2. The summed E-state index contributed by atoms with van der Waals surface area (Å²) in [5, 5.41) is 0. The van der Waals surface area contributed by atoms with Gasteiger partial charge in [0.2, 0.25) is 6.29 Å². The van der Waals surface area contributed by atoms with E-state index in [-0.39, 0.29) is 0 Å². The van der Waals surface area contributed by atoms with Gasteiger partial charge in [-0.15, -0.1) is 0 Å². The third-order valence-electron chi connectivity index (χ3n) is 5.84. The average Bonchev–Trinajstić information content (AvgIpc) is 2.86. The molecule has 4 rings (SSSR count). The molecule has 182 valence electrons. The smallest absolute Gasteiger partial charge is 0.412 e. The van der Waals surface area contributed by atoms with E-state index in [0.717, 1.165) is 5.69 Å². The van der Waals surface area contributed by atoms with Crippen molar-refractivity contribution in [2.45, 2.75) is 36.9 Å². The number of benzene rings is 3. The van der Waals surface area contributed by atoms with Crippen LogP contribution in [0.4, 0.5) is 10.5 Å². The first kappa shape index (κ1) is 24.7. The number of carbonyl (C=O) groups excluding carboxylic acids is 2. The second-order valence-corrected chi connectivity index (χ2v) is 9.62. The lowest BCUT2D eigenvalue weighted by molar-refractivity contribution is -0.0694. The summed E-state index contributed by atoms with van der Waals surface area (Å²) in [6, 6.07) is 23.5. The van der Waals surface area contributed by atoms with E-state index in [1.54, 1.807) is 47.9 Å². The highest BCUT2D eigenvalue weighted by molar-refractivity contribution is 7.99. The second kappa shape index (κ2) is 11.3. The molecule has 1 fully saturated rings. The highest BCUT2D eigenvalue weighted by atomic mass is 32.2. The zero-order chi connectivity index (χ0) is 24.8. The Bertz CT molecular complexity index is 1180. The predicted octanol–water partition coefficient (Wildman–Crippen LogP) is 5.92. The second-order valence-electron chi connectivity index (χ2n) is 8.54. The average molecular weight is 491 g/mol. The molecule has 0 saturated carbocycles. The molecule has 0 aliphatic carbocycles. The molecule has 0 radical (unpaired) electrons. The quantitative estimate of drug-likeness (QED) is 0.316. The molecule has 3 aromatic rings. The molecule has 1 heterocycles. The van der Waals surface area contributed by atoms with E-state index < -0.39 is 18.4 Å². The lowest BCUT2D eigenvalue weighted by Gasteiger charge is -2.36. The van der Waals surface area contributed by atoms with E-state index in [1.807, 2.05) is 12.1 Å². The number of piperazine rings is 1. The number of rotatable bonds is 6. The Balaban J connectivity index is 1.32. The van der Waals surface area contributed by atoms with Crippen LogP contribution in [0.3, 0.4) is 0 Å². The van der Waals surface area contributed by atoms with Gasteiger partial charge in [-0.05, 0) is 49.7 Å². The number of hydrogen-bond donors (Lipinski definition) is 0. The minimum atomic E-state index is -0.969. The van der Waals surface area contributed by atoms with E-state index in [2.05, 4.69) is 55.1 Å². The van der Waals surface area contributed by atoms with Gasteiger partial charge in [0, 0.05) is 42.9 Å². The summed E-state index contributed by atoms with van der Waals surface area (Å²) < 4.78 is 10.6. The van der Waals surface area contributed by atoms with Gasteiger partial charge in [0.1, 0.15) is 0 Å². The van der Waals surface area contributed by atoms with E-state index in [0.29, 0.717) is 31.7 Å². The summed E-state index contributed by atoms with van der Waals surface area (Å²) in [5.74, 6) is -0.520. The van der Waals surface area contributed by atoms with E-state index >= 15 is 0 Å². The summed E-state index contributed by atoms with van der Waals surface area (Å²) in [5.41, 5.74) is 4.10. The van der Waals surface area contributed by atoms with Gasteiger partial charge in [-0.1, -0.05) is 59.8 Å². The monoisotopic (exact) mass is 490 g/mol. The SMILES string of the molecule is Cc1ccc(Sc2ccccc2N2CCN(C(=O)OC(C)OC(=O)c3ccccc3)CC2)c(C)c1. The zero-order valence-electron chi connectivity index (χ0n) is 20.3. The first-order valence-corrected chi connectivity index (χ1v) is 12.5. The summed E-state index contributed by atoms with van der Waals surface area (Å²) in [7, 11) is 0. The van der Waals surface area contributed by atoms with Crippen molar-refractivity contribution in [2.24, 2.45) is 0 Å². The number of hydrogen-bond acceptors (Lipinski definition) is 6. The van der Waals surface area contributed by atoms with Crippen molar-refractivity contribution < 1.29 is 19.1 Å². The summed E-state index contributed by atoms with van der Waals surface area (Å²) >= 11 is 1.77. The van der Waals surface area contributed by atoms with E-state index in [9.17, 15) is 9.59 Å². The van der Waals surface area contributed by atoms with Crippen molar-refractivity contribution in [1.29, 1.82) is 0 Å². The molecule has 7 heteroatoms. The molecule has 0 N–H and O–H groups in total. The molecular weight excluding hydrogens is 460 g/mol. The predicted molar refractivity (Wildman–Crippen MR) is 138 cm³/mol. The minimum Gasteiger partial charge on any atom is -0.422 e. The normalized spacial score (nSPS) is 14.4. The maximum atomic E-state index is 12.6. The minimum absolute atomic E-state index is 0.418. The van der Waals surface area contributed by atoms with Crippen molar-refractivity contribution in [3.05, 3.63) is 89.5 Å². The molecule has 35 heavy (non-hydrogen) atoms. The number of anilines is 1. The largest absolute Gasteiger partial charge is 0.422 e. The number of ether oxygens (including phenoxy) is 2. The van der Waals surface area contributed by atoms with Gasteiger partial charge in [-0.3, -0.25) is 0 Å². The van der Waals surface area contributed by atoms with E-state index in [4.69, 9.17) is 9.47 Å². The summed E-state index contributed by atoms with van der Waals surface area (Å²) in [4.78, 5) is 31.2. The summed E-state index contributed by atoms with van der Waals surface area (Å²) in [6.45, 7) is 8.24. The maximum absolute atomic E-state index is 12.6. The fourth-order valence-corrected chi connectivity index (χ4v) is 5.04. The molecule has 6 nitrogen and oxygen atoms in total. The van der Waals surface area contributed by atoms with Crippen LogP contribution in [0.15, 0.2) is 82.6 Å². The molecule has 3 aromatic carbocycles. The Labute approximate surface area is 210 Å². The van der Waals surface area contributed by atoms with Gasteiger partial charge in [-0.25, -0.2) is 9.59 Å². The van der Waals surface area contributed by atoms with E-state index in [1.165, 1.54) is 20.9 Å². The molecule has 1 amide bonds. The first-order valence-electron chi connectivity index (χ1n) is 11.7. The number of para-hydroxylation sites is 1. The first-order chi connectivity index (χ1) is 16.9. The highest BCUT2D eigenvalue weighted by Crippen LogP contribution is 2.37. The topological polar surface area (TPSA) is 59.1 Å². The molecule has 1 unspecified atom stereocenters. The molecule has 1 atom stereocenters. The van der Waals surface area contributed by atoms with Crippen LogP contribution >= 0.6 is 11.8 Å². The van der Waals surface area contributed by atoms with Crippen LogP contribution in [-0.2, 0) is 9.47 Å². The number of esters is 1. The van der Waals surface area contributed by atoms with Crippen LogP contribution in [0.2, 0.25) is 0 Å². The van der Waals surface area contributed by atoms with Crippen LogP contribution in [0.5, 0.6) is 0 Å². The van der Waals surface area contributed by atoms with Gasteiger partial charge in [0.25, 0.3) is 0 Å². The van der Waals surface area contributed by atoms with Crippen molar-refractivity contribution in [3.8, 4) is 0 Å². The fourth-order valence-electron chi connectivity index (χ4n) is 4.00. The Morgan fingerprint density at radius 1 is 0.829 bits per heavy atom. The third-order valence-corrected chi connectivity index (χ3v) is 7.09. The molecule has 0 aromatic heterocycles. The van der Waals surface area contributed by atoms with Crippen LogP contribution < -0.4 is 4.90 Å². The van der Waals surface area contributed by atoms with Gasteiger partial charge in [0.05, 0.1) is 11.3 Å². The number of carbonyl (C=O) groups is 2. The van der Waals surface area contributed by atoms with Crippen LogP contribution in [0, 0.1) is 13.8 Å². The number of aryl methyl sites for hydroxylation is 2. The Kier molecular flexibility index (Phi) is 7.98. The Morgan fingerprint density at radius 2 is 1.51 bits per heavy atom. The maximum Gasteiger partial charge on any atom is 0.412 e. The molecular formula is C28H30N2O4S. The Morgan fingerprint density at radius 3 is 2.23 bits per heavy atom. The molecule has 1 aliphatic rings. The zero-order valence-corrected chi connectivity index (χ0v) is 21.1. The Hall–Kier alpha value is -3.45. The fraction of sp³-hybridized carbons (Fsp3) is 0.286. The van der Waals surface area contributed by atoms with Gasteiger partial charge in [-0.2, -0.15) is 0 Å². The van der Waals surface area contributed by atoms with Crippen LogP contribution in [-0.4, -0.2) is 49.4 Å². The lowest BCUT2D eigenvalue weighted by atomic mass is 10.2. The third kappa shape index (κ3) is 6.36. The van der Waals surface area contributed by atoms with Crippen molar-refractivity contribution in [3.63, 3.8) is 0 Å². The van der Waals surface area contributed by atoms with Gasteiger partial charge >= 0.3 is 12.1 Å². The lowest BCUT2D eigenvalue weighted by Crippen LogP contribution is -2.49. The van der Waals surface area contributed by atoms with Crippen molar-refractivity contribution >= 4 is 29.5 Å². The summed E-state index contributed by atoms with van der Waals surface area (Å²) in [6.07, 6.45) is -1.45. The molecule has 1 saturated heterocycles. The van der Waals surface area contributed by atoms with Crippen molar-refractivity contribution in [2.75, 3.05) is 31.1 Å². The molecule has 0 bridgehead atoms. The molecule has 0 spiro atoms. The number of amides is 1. The van der Waals surface area contributed by atoms with Crippen molar-refractivity contribution in [1.82, 2.24) is 4.90 Å². The van der Waals surface area contributed by atoms with Gasteiger partial charge in [0.15, 0.2) is 0 Å². The standard InChI is InChI=1S/C28H30N2O4S/c1-20-13-14-25(21(2)19-20)35-26-12-8-7-11-24(26)29-15-17-30(18-16-29)28(32)34-22(3)33-27(31)23-9-5-4-6-10-23/h4-14,19,22H,15-18H2,1-3H3. The molecule has 1 aliphatic heterocycles. The van der Waals surface area contributed by atoms with Crippen LogP contribution in [0.25, 0.3) is 0 Å². The van der Waals surface area contributed by atoms with Crippen LogP contribution in [0.1, 0.15) is 28.4 Å².